The smallest absolute Gasteiger partial charge is 0.309 e. The maximum atomic E-state index is 13.0. The number of carbonyl (C=O) groups is 3. The van der Waals surface area contributed by atoms with Crippen molar-refractivity contribution in [1.29, 1.82) is 0 Å². The SMILES string of the molecule is CCOC(=O)C1CCN(C(=O)c2cccc(S(=O)(=O)N3CCN(C(C)=O)CC3)c2)CC1. The molecule has 0 saturated carbocycles. The van der Waals surface area contributed by atoms with Crippen LogP contribution in [0.3, 0.4) is 0 Å². The third-order valence-corrected chi connectivity index (χ3v) is 7.70. The summed E-state index contributed by atoms with van der Waals surface area (Å²) in [6.45, 7) is 5.56. The van der Waals surface area contributed by atoms with Gasteiger partial charge in [-0.3, -0.25) is 14.4 Å². The molecular formula is C21H29N3O6S. The Labute approximate surface area is 183 Å². The predicted molar refractivity (Wildman–Crippen MR) is 113 cm³/mol. The Morgan fingerprint density at radius 1 is 1.00 bits per heavy atom. The van der Waals surface area contributed by atoms with E-state index in [9.17, 15) is 22.8 Å². The Kier molecular flexibility index (Phi) is 7.32. The zero-order valence-electron chi connectivity index (χ0n) is 18.0. The average Bonchev–Trinajstić information content (AvgIpc) is 2.79. The number of rotatable bonds is 5. The Hall–Kier alpha value is -2.46. The van der Waals surface area contributed by atoms with Crippen molar-refractivity contribution >= 4 is 27.8 Å². The number of likely N-dealkylation sites (tertiary alicyclic amines) is 1. The van der Waals surface area contributed by atoms with Crippen LogP contribution in [0.5, 0.6) is 0 Å². The molecule has 0 unspecified atom stereocenters. The van der Waals surface area contributed by atoms with Crippen LogP contribution in [0.15, 0.2) is 29.2 Å². The summed E-state index contributed by atoms with van der Waals surface area (Å²) in [7, 11) is -3.76. The molecular weight excluding hydrogens is 422 g/mol. The highest BCUT2D eigenvalue weighted by atomic mass is 32.2. The van der Waals surface area contributed by atoms with Crippen molar-refractivity contribution in [2.45, 2.75) is 31.6 Å². The molecule has 0 N–H and O–H groups in total. The van der Waals surface area contributed by atoms with Gasteiger partial charge in [0.05, 0.1) is 17.4 Å². The van der Waals surface area contributed by atoms with Crippen molar-refractivity contribution in [1.82, 2.24) is 14.1 Å². The summed E-state index contributed by atoms with van der Waals surface area (Å²) in [6, 6.07) is 6.06. The third kappa shape index (κ3) is 5.24. The molecule has 1 aromatic rings. The van der Waals surface area contributed by atoms with E-state index in [0.717, 1.165) is 0 Å². The summed E-state index contributed by atoms with van der Waals surface area (Å²) < 4.78 is 32.5. The van der Waals surface area contributed by atoms with E-state index < -0.39 is 10.0 Å². The summed E-state index contributed by atoms with van der Waals surface area (Å²) in [4.78, 5) is 39.6. The number of amides is 2. The van der Waals surface area contributed by atoms with Crippen molar-refractivity contribution in [3.8, 4) is 0 Å². The first-order valence-electron chi connectivity index (χ1n) is 10.6. The molecule has 2 saturated heterocycles. The Bertz CT molecular complexity index is 932. The van der Waals surface area contributed by atoms with Crippen molar-refractivity contribution in [3.05, 3.63) is 29.8 Å². The molecule has 0 radical (unpaired) electrons. The van der Waals surface area contributed by atoms with Gasteiger partial charge in [-0.2, -0.15) is 4.31 Å². The van der Waals surface area contributed by atoms with Crippen molar-refractivity contribution in [2.24, 2.45) is 5.92 Å². The zero-order valence-corrected chi connectivity index (χ0v) is 18.8. The summed E-state index contributed by atoms with van der Waals surface area (Å²) in [5.74, 6) is -0.755. The first kappa shape index (κ1) is 23.2. The molecule has 10 heteroatoms. The number of carbonyl (C=O) groups excluding carboxylic acids is 3. The van der Waals surface area contributed by atoms with E-state index in [0.29, 0.717) is 51.2 Å². The summed E-state index contributed by atoms with van der Waals surface area (Å²) in [5.41, 5.74) is 0.304. The molecule has 31 heavy (non-hydrogen) atoms. The molecule has 3 rings (SSSR count). The lowest BCUT2D eigenvalue weighted by molar-refractivity contribution is -0.149. The Morgan fingerprint density at radius 3 is 2.23 bits per heavy atom. The molecule has 2 aliphatic heterocycles. The molecule has 170 valence electrons. The van der Waals surface area contributed by atoms with Crippen LogP contribution in [0.25, 0.3) is 0 Å². The molecule has 2 fully saturated rings. The standard InChI is InChI=1S/C21H29N3O6S/c1-3-30-21(27)17-7-9-23(10-8-17)20(26)18-5-4-6-19(15-18)31(28,29)24-13-11-22(12-14-24)16(2)25/h4-6,15,17H,3,7-14H2,1-2H3. The van der Waals surface area contributed by atoms with Gasteiger partial charge in [-0.1, -0.05) is 6.07 Å². The Balaban J connectivity index is 1.67. The largest absolute Gasteiger partial charge is 0.466 e. The molecule has 2 aliphatic rings. The molecule has 0 aliphatic carbocycles. The van der Waals surface area contributed by atoms with Crippen LogP contribution >= 0.6 is 0 Å². The number of ether oxygens (including phenoxy) is 1. The number of nitrogens with zero attached hydrogens (tertiary/aromatic N) is 3. The fourth-order valence-corrected chi connectivity index (χ4v) is 5.41. The number of piperazine rings is 1. The number of sulfonamides is 1. The zero-order chi connectivity index (χ0) is 22.6. The van der Waals surface area contributed by atoms with Gasteiger partial charge >= 0.3 is 5.97 Å². The third-order valence-electron chi connectivity index (χ3n) is 5.80. The van der Waals surface area contributed by atoms with Crippen molar-refractivity contribution in [2.75, 3.05) is 45.9 Å². The normalized spacial score (nSPS) is 18.6. The summed E-state index contributed by atoms with van der Waals surface area (Å²) in [6.07, 6.45) is 1.06. The lowest BCUT2D eigenvalue weighted by Gasteiger charge is -2.33. The molecule has 9 nitrogen and oxygen atoms in total. The maximum absolute atomic E-state index is 13.0. The second kappa shape index (κ2) is 9.78. The lowest BCUT2D eigenvalue weighted by atomic mass is 9.96. The van der Waals surface area contributed by atoms with Crippen LogP contribution in [0, 0.1) is 5.92 Å². The number of hydrogen-bond donors (Lipinski definition) is 0. The highest BCUT2D eigenvalue weighted by Crippen LogP contribution is 2.23. The first-order valence-corrected chi connectivity index (χ1v) is 12.0. The summed E-state index contributed by atoms with van der Waals surface area (Å²) in [5, 5.41) is 0. The molecule has 0 spiro atoms. The fraction of sp³-hybridized carbons (Fsp3) is 0.571. The molecule has 0 aromatic heterocycles. The minimum Gasteiger partial charge on any atom is -0.466 e. The molecule has 0 atom stereocenters. The van der Waals surface area contributed by atoms with Crippen LogP contribution in [0.4, 0.5) is 0 Å². The quantitative estimate of drug-likeness (QED) is 0.618. The molecule has 2 amide bonds. The minimum atomic E-state index is -3.76. The molecule has 2 heterocycles. The van der Waals surface area contributed by atoms with Gasteiger partial charge in [-0.15, -0.1) is 0 Å². The van der Waals surface area contributed by atoms with Gasteiger partial charge in [0, 0.05) is 51.8 Å². The van der Waals surface area contributed by atoms with E-state index in [1.165, 1.54) is 23.4 Å². The fourth-order valence-electron chi connectivity index (χ4n) is 3.94. The van der Waals surface area contributed by atoms with Gasteiger partial charge in [-0.25, -0.2) is 8.42 Å². The maximum Gasteiger partial charge on any atom is 0.309 e. The van der Waals surface area contributed by atoms with Crippen molar-refractivity contribution < 1.29 is 27.5 Å². The van der Waals surface area contributed by atoms with E-state index in [1.54, 1.807) is 28.9 Å². The van der Waals surface area contributed by atoms with Crippen LogP contribution in [-0.2, 0) is 24.3 Å². The second-order valence-electron chi connectivity index (χ2n) is 7.76. The van der Waals surface area contributed by atoms with Crippen LogP contribution in [-0.4, -0.2) is 86.2 Å². The molecule has 1 aromatic carbocycles. The highest BCUT2D eigenvalue weighted by Gasteiger charge is 2.31. The minimum absolute atomic E-state index is 0.0658. The van der Waals surface area contributed by atoms with E-state index in [2.05, 4.69) is 0 Å². The molecule has 0 bridgehead atoms. The van der Waals surface area contributed by atoms with Crippen LogP contribution in [0.2, 0.25) is 0 Å². The van der Waals surface area contributed by atoms with Gasteiger partial charge in [0.15, 0.2) is 0 Å². The first-order chi connectivity index (χ1) is 14.7. The van der Waals surface area contributed by atoms with Crippen LogP contribution in [0.1, 0.15) is 37.0 Å². The number of benzene rings is 1. The van der Waals surface area contributed by atoms with Gasteiger partial charge in [0.1, 0.15) is 0 Å². The van der Waals surface area contributed by atoms with E-state index >= 15 is 0 Å². The lowest BCUT2D eigenvalue weighted by Crippen LogP contribution is -2.49. The van der Waals surface area contributed by atoms with Gasteiger partial charge in [0.25, 0.3) is 5.91 Å². The monoisotopic (exact) mass is 451 g/mol. The Morgan fingerprint density at radius 2 is 1.65 bits per heavy atom. The van der Waals surface area contributed by atoms with Gasteiger partial charge < -0.3 is 14.5 Å². The van der Waals surface area contributed by atoms with Crippen LogP contribution < -0.4 is 0 Å². The number of piperidine rings is 1. The predicted octanol–water partition coefficient (Wildman–Crippen LogP) is 0.955. The highest BCUT2D eigenvalue weighted by molar-refractivity contribution is 7.89. The number of esters is 1. The van der Waals surface area contributed by atoms with Crippen molar-refractivity contribution in [3.63, 3.8) is 0 Å². The van der Waals surface area contributed by atoms with Gasteiger partial charge in [0.2, 0.25) is 15.9 Å². The number of hydrogen-bond acceptors (Lipinski definition) is 6. The average molecular weight is 452 g/mol. The second-order valence-corrected chi connectivity index (χ2v) is 9.69. The van der Waals surface area contributed by atoms with E-state index in [-0.39, 0.29) is 41.7 Å². The topological polar surface area (TPSA) is 104 Å². The van der Waals surface area contributed by atoms with Gasteiger partial charge in [-0.05, 0) is 38.0 Å². The summed E-state index contributed by atoms with van der Waals surface area (Å²) >= 11 is 0. The van der Waals surface area contributed by atoms with E-state index in [1.807, 2.05) is 0 Å². The van der Waals surface area contributed by atoms with E-state index in [4.69, 9.17) is 4.74 Å².